The zero-order chi connectivity index (χ0) is 24.5. The molecule has 0 fully saturated rings. The van der Waals surface area contributed by atoms with Crippen molar-refractivity contribution >= 4 is 34.0 Å². The fraction of sp³-hybridized carbons (Fsp3) is 0.346. The number of carbonyl (C=O) groups excluding carboxylic acids is 1. The third-order valence-corrected chi connectivity index (χ3v) is 6.53. The van der Waals surface area contributed by atoms with Crippen LogP contribution in [-0.2, 0) is 19.5 Å². The number of carbonyl (C=O) groups is 1. The average molecular weight is 491 g/mol. The Morgan fingerprint density at radius 1 is 1.09 bits per heavy atom. The predicted molar refractivity (Wildman–Crippen MR) is 137 cm³/mol. The molecule has 180 valence electrons. The Kier molecular flexibility index (Phi) is 6.38. The average Bonchev–Trinajstić information content (AvgIpc) is 3.09. The van der Waals surface area contributed by atoms with E-state index in [1.54, 1.807) is 36.4 Å². The van der Waals surface area contributed by atoms with Crippen molar-refractivity contribution in [3.8, 4) is 11.4 Å². The smallest absolute Gasteiger partial charge is 0.276 e. The van der Waals surface area contributed by atoms with Crippen molar-refractivity contribution in [2.75, 3.05) is 5.32 Å². The maximum absolute atomic E-state index is 13.4. The molecule has 0 saturated heterocycles. The van der Waals surface area contributed by atoms with E-state index in [4.69, 9.17) is 11.6 Å². The van der Waals surface area contributed by atoms with Gasteiger partial charge in [0.05, 0.1) is 10.4 Å². The lowest BCUT2D eigenvalue weighted by Gasteiger charge is -2.14. The van der Waals surface area contributed by atoms with Crippen LogP contribution in [0.25, 0.3) is 22.2 Å². The molecule has 1 aliphatic heterocycles. The van der Waals surface area contributed by atoms with Crippen LogP contribution in [0.3, 0.4) is 0 Å². The van der Waals surface area contributed by atoms with E-state index in [9.17, 15) is 9.59 Å². The summed E-state index contributed by atoms with van der Waals surface area (Å²) in [5.74, 6) is 1.48. The molecule has 0 spiro atoms. The van der Waals surface area contributed by atoms with Gasteiger partial charge in [-0.3, -0.25) is 9.59 Å². The molecule has 8 nitrogen and oxygen atoms in total. The number of aryl methyl sites for hydroxylation is 1. The Hall–Kier alpha value is -3.52. The number of nitrogens with zero attached hydrogens (tertiary/aromatic N) is 5. The van der Waals surface area contributed by atoms with Crippen molar-refractivity contribution in [1.82, 2.24) is 24.5 Å². The van der Waals surface area contributed by atoms with Crippen LogP contribution in [-0.4, -0.2) is 30.5 Å². The van der Waals surface area contributed by atoms with Crippen molar-refractivity contribution < 1.29 is 4.79 Å². The summed E-state index contributed by atoms with van der Waals surface area (Å²) in [5.41, 5.74) is 1.28. The summed E-state index contributed by atoms with van der Waals surface area (Å²) in [6.45, 7) is 5.28. The third-order valence-electron chi connectivity index (χ3n) is 6.20. The van der Waals surface area contributed by atoms with Gasteiger partial charge in [0.25, 0.3) is 11.5 Å². The highest BCUT2D eigenvalue weighted by Crippen LogP contribution is 2.31. The predicted octanol–water partition coefficient (Wildman–Crippen LogP) is 4.94. The van der Waals surface area contributed by atoms with Crippen LogP contribution in [0.1, 0.15) is 49.4 Å². The quantitative estimate of drug-likeness (QED) is 0.427. The summed E-state index contributed by atoms with van der Waals surface area (Å²) in [6, 6.07) is 12.4. The minimum atomic E-state index is -0.396. The van der Waals surface area contributed by atoms with E-state index < -0.39 is 5.91 Å². The number of rotatable bonds is 5. The fourth-order valence-electron chi connectivity index (χ4n) is 4.52. The zero-order valence-corrected chi connectivity index (χ0v) is 20.5. The second-order valence-electron chi connectivity index (χ2n) is 9.33. The molecule has 1 amide bonds. The molecule has 0 bridgehead atoms. The number of hydrogen-bond donors (Lipinski definition) is 1. The number of benzene rings is 2. The lowest BCUT2D eigenvalue weighted by molar-refractivity contribution is 0.102. The molecular weight excluding hydrogens is 464 g/mol. The van der Waals surface area contributed by atoms with Gasteiger partial charge in [0.1, 0.15) is 5.82 Å². The Bertz CT molecular complexity index is 1470. The van der Waals surface area contributed by atoms with Crippen LogP contribution in [0, 0.1) is 5.92 Å². The number of fused-ring (bicyclic) bond motifs is 2. The van der Waals surface area contributed by atoms with Crippen molar-refractivity contribution in [2.45, 2.75) is 52.6 Å². The molecule has 0 saturated carbocycles. The van der Waals surface area contributed by atoms with Crippen LogP contribution >= 0.6 is 11.6 Å². The van der Waals surface area contributed by atoms with Gasteiger partial charge in [-0.25, -0.2) is 4.68 Å². The van der Waals surface area contributed by atoms with Gasteiger partial charge in [0.15, 0.2) is 11.5 Å². The summed E-state index contributed by atoms with van der Waals surface area (Å²) >= 11 is 6.55. The van der Waals surface area contributed by atoms with E-state index >= 15 is 0 Å². The summed E-state index contributed by atoms with van der Waals surface area (Å²) in [7, 11) is 0. The van der Waals surface area contributed by atoms with Crippen LogP contribution in [0.4, 0.5) is 5.69 Å². The third kappa shape index (κ3) is 4.58. The summed E-state index contributed by atoms with van der Waals surface area (Å²) in [6.07, 6.45) is 4.22. The second-order valence-corrected chi connectivity index (χ2v) is 9.73. The van der Waals surface area contributed by atoms with Crippen LogP contribution in [0.5, 0.6) is 0 Å². The van der Waals surface area contributed by atoms with Gasteiger partial charge >= 0.3 is 0 Å². The largest absolute Gasteiger partial charge is 0.321 e. The Morgan fingerprint density at radius 3 is 2.69 bits per heavy atom. The lowest BCUT2D eigenvalue weighted by Crippen LogP contribution is -2.29. The summed E-state index contributed by atoms with van der Waals surface area (Å²) in [5, 5.41) is 17.7. The molecule has 1 aliphatic rings. The van der Waals surface area contributed by atoms with Gasteiger partial charge in [-0.1, -0.05) is 50.1 Å². The molecule has 2 aromatic carbocycles. The summed E-state index contributed by atoms with van der Waals surface area (Å²) < 4.78 is 3.50. The highest BCUT2D eigenvalue weighted by Gasteiger charge is 2.20. The summed E-state index contributed by atoms with van der Waals surface area (Å²) in [4.78, 5) is 26.3. The van der Waals surface area contributed by atoms with E-state index in [1.165, 1.54) is 4.68 Å². The monoisotopic (exact) mass is 490 g/mol. The SMILES string of the molecule is CC(C)Cn1nc(C(=O)Nc2ccc(Cl)c(-c3nnc4n3CCCCC4)c2)c2ccccc2c1=O. The maximum Gasteiger partial charge on any atom is 0.276 e. The van der Waals surface area contributed by atoms with Gasteiger partial charge in [0.2, 0.25) is 0 Å². The lowest BCUT2D eigenvalue weighted by atomic mass is 10.1. The molecular formula is C26H27ClN6O2. The molecule has 4 aromatic rings. The first kappa shape index (κ1) is 23.2. The molecule has 0 atom stereocenters. The van der Waals surface area contributed by atoms with Gasteiger partial charge in [-0.15, -0.1) is 10.2 Å². The molecule has 35 heavy (non-hydrogen) atoms. The number of nitrogens with one attached hydrogen (secondary N) is 1. The molecule has 2 aromatic heterocycles. The van der Waals surface area contributed by atoms with E-state index in [1.807, 2.05) is 19.9 Å². The normalized spacial score (nSPS) is 13.6. The van der Waals surface area contributed by atoms with Crippen LogP contribution in [0.15, 0.2) is 47.3 Å². The van der Waals surface area contributed by atoms with Gasteiger partial charge in [-0.2, -0.15) is 5.10 Å². The fourth-order valence-corrected chi connectivity index (χ4v) is 4.72. The van der Waals surface area contributed by atoms with Gasteiger partial charge in [-0.05, 0) is 43.0 Å². The molecule has 1 N–H and O–H groups in total. The van der Waals surface area contributed by atoms with Gasteiger partial charge < -0.3 is 9.88 Å². The first-order valence-corrected chi connectivity index (χ1v) is 12.3. The molecule has 9 heteroatoms. The number of amides is 1. The van der Waals surface area contributed by atoms with E-state index in [0.717, 1.165) is 38.1 Å². The van der Waals surface area contributed by atoms with E-state index in [0.29, 0.717) is 39.4 Å². The minimum Gasteiger partial charge on any atom is -0.321 e. The van der Waals surface area contributed by atoms with Crippen molar-refractivity contribution in [3.63, 3.8) is 0 Å². The number of halogens is 1. The standard InChI is InChI=1S/C26H27ClN6O2/c1-16(2)15-33-26(35)19-9-6-5-8-18(19)23(31-33)25(34)28-17-11-12-21(27)20(14-17)24-30-29-22-10-4-3-7-13-32(22)24/h5-6,8-9,11-12,14,16H,3-4,7,10,13,15H2,1-2H3,(H,28,34). The maximum atomic E-state index is 13.4. The van der Waals surface area contributed by atoms with Crippen molar-refractivity contribution in [1.29, 1.82) is 0 Å². The Balaban J connectivity index is 1.52. The molecule has 0 radical (unpaired) electrons. The first-order valence-electron chi connectivity index (χ1n) is 12.0. The highest BCUT2D eigenvalue weighted by molar-refractivity contribution is 6.33. The number of anilines is 1. The van der Waals surface area contributed by atoms with Crippen molar-refractivity contribution in [3.05, 3.63) is 69.4 Å². The molecule has 5 rings (SSSR count). The Labute approximate surface area is 207 Å². The van der Waals surface area contributed by atoms with Crippen LogP contribution < -0.4 is 10.9 Å². The van der Waals surface area contributed by atoms with Gasteiger partial charge in [0, 0.05) is 36.1 Å². The molecule has 0 unspecified atom stereocenters. The van der Waals surface area contributed by atoms with E-state index in [-0.39, 0.29) is 17.2 Å². The van der Waals surface area contributed by atoms with Crippen molar-refractivity contribution in [2.24, 2.45) is 5.92 Å². The highest BCUT2D eigenvalue weighted by atomic mass is 35.5. The molecule has 3 heterocycles. The van der Waals surface area contributed by atoms with Crippen LogP contribution in [0.2, 0.25) is 5.02 Å². The number of hydrogen-bond acceptors (Lipinski definition) is 5. The minimum absolute atomic E-state index is 0.202. The second kappa shape index (κ2) is 9.62. The number of aromatic nitrogens is 5. The first-order chi connectivity index (χ1) is 16.9. The topological polar surface area (TPSA) is 94.7 Å². The molecule has 0 aliphatic carbocycles. The zero-order valence-electron chi connectivity index (χ0n) is 19.8. The Morgan fingerprint density at radius 2 is 1.89 bits per heavy atom. The van der Waals surface area contributed by atoms with E-state index in [2.05, 4.69) is 25.2 Å².